The second kappa shape index (κ2) is 5.60. The second-order valence-corrected chi connectivity index (χ2v) is 5.85. The molecule has 1 atom stereocenters. The van der Waals surface area contributed by atoms with E-state index in [1.165, 1.54) is 6.92 Å². The Morgan fingerprint density at radius 3 is 2.25 bits per heavy atom. The summed E-state index contributed by atoms with van der Waals surface area (Å²) in [5.41, 5.74) is -1.08. The molecule has 0 heterocycles. The monoisotopic (exact) mass is 252 g/mol. The Kier molecular flexibility index (Phi) is 5.37. The van der Waals surface area contributed by atoms with Crippen LogP contribution in [0.2, 0.25) is 0 Å². The molecule has 0 spiro atoms. The first-order valence-corrected chi connectivity index (χ1v) is 6.61. The van der Waals surface area contributed by atoms with Gasteiger partial charge in [0.15, 0.2) is 0 Å². The number of carbonyl (C=O) groups is 1. The molecule has 3 N–H and O–H groups in total. The molecule has 0 aromatic heterocycles. The van der Waals surface area contributed by atoms with E-state index in [1.54, 1.807) is 20.8 Å². The van der Waals surface area contributed by atoms with Crippen LogP contribution in [-0.4, -0.2) is 32.1 Å². The molecular formula is C9H20N2O4S. The van der Waals surface area contributed by atoms with Gasteiger partial charge in [-0.25, -0.2) is 4.72 Å². The van der Waals surface area contributed by atoms with Crippen molar-refractivity contribution in [2.45, 2.75) is 40.2 Å². The molecule has 0 radical (unpaired) electrons. The summed E-state index contributed by atoms with van der Waals surface area (Å²) >= 11 is 0. The highest BCUT2D eigenvalue weighted by molar-refractivity contribution is 7.87. The van der Waals surface area contributed by atoms with Gasteiger partial charge in [0.25, 0.3) is 10.2 Å². The smallest absolute Gasteiger partial charge is 0.310 e. The fraction of sp³-hybridized carbons (Fsp3) is 0.889. The molecule has 0 rings (SSSR count). The number of nitrogens with one attached hydrogen (secondary N) is 2. The molecule has 0 aliphatic carbocycles. The lowest BCUT2D eigenvalue weighted by molar-refractivity contribution is -0.147. The Morgan fingerprint density at radius 1 is 1.44 bits per heavy atom. The van der Waals surface area contributed by atoms with Crippen LogP contribution in [0.15, 0.2) is 0 Å². The normalized spacial score (nSPS) is 16.1. The largest absolute Gasteiger partial charge is 0.481 e. The van der Waals surface area contributed by atoms with Crippen molar-refractivity contribution in [2.24, 2.45) is 5.41 Å². The van der Waals surface area contributed by atoms with Crippen molar-refractivity contribution in [2.75, 3.05) is 6.54 Å². The van der Waals surface area contributed by atoms with Gasteiger partial charge in [-0.05, 0) is 27.2 Å². The van der Waals surface area contributed by atoms with Crippen LogP contribution in [-0.2, 0) is 15.0 Å². The minimum absolute atomic E-state index is 0.124. The first-order chi connectivity index (χ1) is 7.13. The van der Waals surface area contributed by atoms with Crippen LogP contribution >= 0.6 is 0 Å². The van der Waals surface area contributed by atoms with Crippen molar-refractivity contribution in [3.63, 3.8) is 0 Å². The third-order valence-electron chi connectivity index (χ3n) is 2.34. The quantitative estimate of drug-likeness (QED) is 0.608. The summed E-state index contributed by atoms with van der Waals surface area (Å²) in [5, 5.41) is 8.96. The van der Waals surface area contributed by atoms with E-state index >= 15 is 0 Å². The van der Waals surface area contributed by atoms with Crippen molar-refractivity contribution in [3.05, 3.63) is 0 Å². The molecule has 7 heteroatoms. The van der Waals surface area contributed by atoms with Crippen molar-refractivity contribution in [3.8, 4) is 0 Å². The van der Waals surface area contributed by atoms with E-state index in [0.29, 0.717) is 6.42 Å². The SMILES string of the molecule is CCC(C)(CNS(=O)(=O)NC(C)C)C(=O)O. The topological polar surface area (TPSA) is 95.5 Å². The van der Waals surface area contributed by atoms with Gasteiger partial charge in [-0.1, -0.05) is 6.92 Å². The summed E-state index contributed by atoms with van der Waals surface area (Å²) in [6.45, 7) is 6.47. The van der Waals surface area contributed by atoms with Crippen molar-refractivity contribution < 1.29 is 18.3 Å². The number of hydrogen-bond acceptors (Lipinski definition) is 3. The van der Waals surface area contributed by atoms with E-state index < -0.39 is 21.6 Å². The molecule has 0 aromatic carbocycles. The second-order valence-electron chi connectivity index (χ2n) is 4.32. The summed E-state index contributed by atoms with van der Waals surface area (Å²) in [4.78, 5) is 10.9. The van der Waals surface area contributed by atoms with Gasteiger partial charge in [0.05, 0.1) is 5.41 Å². The lowest BCUT2D eigenvalue weighted by Crippen LogP contribution is -2.46. The minimum Gasteiger partial charge on any atom is -0.481 e. The zero-order chi connectivity index (χ0) is 13.0. The Bertz CT molecular complexity index is 339. The molecule has 16 heavy (non-hydrogen) atoms. The van der Waals surface area contributed by atoms with Crippen LogP contribution in [0.5, 0.6) is 0 Å². The highest BCUT2D eigenvalue weighted by Crippen LogP contribution is 2.20. The molecule has 0 bridgehead atoms. The zero-order valence-electron chi connectivity index (χ0n) is 10.1. The summed E-state index contributed by atoms with van der Waals surface area (Å²) in [6.07, 6.45) is 0.354. The van der Waals surface area contributed by atoms with Crippen LogP contribution in [0, 0.1) is 5.41 Å². The predicted octanol–water partition coefficient (Wildman–Crippen LogP) is 0.320. The Morgan fingerprint density at radius 2 is 1.94 bits per heavy atom. The summed E-state index contributed by atoms with van der Waals surface area (Å²) in [6, 6.07) is -0.227. The van der Waals surface area contributed by atoms with Gasteiger partial charge in [0, 0.05) is 12.6 Å². The van der Waals surface area contributed by atoms with Gasteiger partial charge in [-0.15, -0.1) is 0 Å². The fourth-order valence-corrected chi connectivity index (χ4v) is 2.17. The molecule has 0 aliphatic rings. The highest BCUT2D eigenvalue weighted by Gasteiger charge is 2.32. The fourth-order valence-electron chi connectivity index (χ4n) is 0.958. The molecule has 0 fully saturated rings. The van der Waals surface area contributed by atoms with Gasteiger partial charge in [-0.3, -0.25) is 4.79 Å². The maximum Gasteiger partial charge on any atom is 0.310 e. The van der Waals surface area contributed by atoms with Gasteiger partial charge < -0.3 is 5.11 Å². The maximum atomic E-state index is 11.4. The lowest BCUT2D eigenvalue weighted by atomic mass is 9.88. The number of aliphatic carboxylic acids is 1. The molecule has 0 aromatic rings. The van der Waals surface area contributed by atoms with Crippen LogP contribution < -0.4 is 9.44 Å². The predicted molar refractivity (Wildman–Crippen MR) is 61.2 cm³/mol. The van der Waals surface area contributed by atoms with Crippen LogP contribution in [0.3, 0.4) is 0 Å². The first kappa shape index (κ1) is 15.3. The molecule has 0 saturated heterocycles. The van der Waals surface area contributed by atoms with E-state index in [0.717, 1.165) is 0 Å². The zero-order valence-corrected chi connectivity index (χ0v) is 10.9. The van der Waals surface area contributed by atoms with Crippen molar-refractivity contribution in [1.29, 1.82) is 0 Å². The first-order valence-electron chi connectivity index (χ1n) is 5.13. The molecule has 1 unspecified atom stereocenters. The third kappa shape index (κ3) is 4.91. The van der Waals surface area contributed by atoms with Crippen molar-refractivity contribution >= 4 is 16.2 Å². The van der Waals surface area contributed by atoms with E-state index in [9.17, 15) is 13.2 Å². The average molecular weight is 252 g/mol. The summed E-state index contributed by atoms with van der Waals surface area (Å²) in [5.74, 6) is -1.01. The molecule has 0 saturated carbocycles. The molecule has 6 nitrogen and oxygen atoms in total. The van der Waals surface area contributed by atoms with Crippen LogP contribution in [0.4, 0.5) is 0 Å². The Hall–Kier alpha value is -0.660. The number of carboxylic acid groups (broad SMARTS) is 1. The molecular weight excluding hydrogens is 232 g/mol. The summed E-state index contributed by atoms with van der Waals surface area (Å²) < 4.78 is 27.4. The van der Waals surface area contributed by atoms with Gasteiger partial charge in [-0.2, -0.15) is 13.1 Å². The van der Waals surface area contributed by atoms with Crippen LogP contribution in [0.25, 0.3) is 0 Å². The van der Waals surface area contributed by atoms with Gasteiger partial charge in [0.1, 0.15) is 0 Å². The van der Waals surface area contributed by atoms with Gasteiger partial charge in [0.2, 0.25) is 0 Å². The van der Waals surface area contributed by atoms with Crippen LogP contribution in [0.1, 0.15) is 34.1 Å². The standard InChI is InChI=1S/C9H20N2O4S/c1-5-9(4,8(12)13)6-10-16(14,15)11-7(2)3/h7,10-11H,5-6H2,1-4H3,(H,12,13). The van der Waals surface area contributed by atoms with Gasteiger partial charge >= 0.3 is 5.97 Å². The number of carboxylic acids is 1. The maximum absolute atomic E-state index is 11.4. The van der Waals surface area contributed by atoms with E-state index in [-0.39, 0.29) is 12.6 Å². The highest BCUT2D eigenvalue weighted by atomic mass is 32.2. The lowest BCUT2D eigenvalue weighted by Gasteiger charge is -2.23. The van der Waals surface area contributed by atoms with E-state index in [4.69, 9.17) is 5.11 Å². The van der Waals surface area contributed by atoms with E-state index in [1.807, 2.05) is 0 Å². The third-order valence-corrected chi connectivity index (χ3v) is 3.65. The van der Waals surface area contributed by atoms with E-state index in [2.05, 4.69) is 9.44 Å². The molecule has 0 amide bonds. The Labute approximate surface area is 96.6 Å². The number of hydrogen-bond donors (Lipinski definition) is 3. The average Bonchev–Trinajstić information content (AvgIpc) is 2.12. The van der Waals surface area contributed by atoms with Crippen molar-refractivity contribution in [1.82, 2.24) is 9.44 Å². The minimum atomic E-state index is -3.62. The summed E-state index contributed by atoms with van der Waals surface area (Å²) in [7, 11) is -3.62. The Balaban J connectivity index is 4.49. The molecule has 96 valence electrons. The number of rotatable bonds is 7. The molecule has 0 aliphatic heterocycles.